The highest BCUT2D eigenvalue weighted by Gasteiger charge is 2.23. The van der Waals surface area contributed by atoms with E-state index in [1.54, 1.807) is 0 Å². The normalized spacial score (nSPS) is 12.1. The SMILES string of the molecule is c1ccc(-n2c3ccccc3c3cc(-c4ccc5c(c4)c4ccc(-c6cc7c8c(ccnc8c6)-c6ccccc6-7)cc4n5-c4ccccc4)ccc32)cc1. The van der Waals surface area contributed by atoms with E-state index in [2.05, 4.69) is 191 Å². The highest BCUT2D eigenvalue weighted by Crippen LogP contribution is 2.48. The van der Waals surface area contributed by atoms with Crippen molar-refractivity contribution in [2.45, 2.75) is 0 Å². The molecule has 250 valence electrons. The van der Waals surface area contributed by atoms with Gasteiger partial charge in [0, 0.05) is 44.5 Å². The molecule has 1 aliphatic rings. The van der Waals surface area contributed by atoms with Crippen molar-refractivity contribution in [3.05, 3.63) is 188 Å². The first-order valence-electron chi connectivity index (χ1n) is 18.5. The molecule has 0 amide bonds. The summed E-state index contributed by atoms with van der Waals surface area (Å²) in [4.78, 5) is 4.86. The van der Waals surface area contributed by atoms with Gasteiger partial charge in [0.2, 0.25) is 0 Å². The predicted octanol–water partition coefficient (Wildman–Crippen LogP) is 13.4. The van der Waals surface area contributed by atoms with Crippen molar-refractivity contribution in [3.63, 3.8) is 0 Å². The standard InChI is InChI=1S/C51H31N3/c1-3-11-36(12-4-1)53-47-18-10-9-17-40(47)43-27-32(20-23-48(43)53)33-21-24-49-44(28-33)41-22-19-34(31-50(41)54(49)37-13-5-2-6-14-37)35-29-45-39-16-8-7-15-38(39)42-25-26-52-46(30-35)51(42)45/h1-31H. The molecule has 0 atom stereocenters. The number of rotatable bonds is 4. The van der Waals surface area contributed by atoms with E-state index in [4.69, 9.17) is 4.98 Å². The van der Waals surface area contributed by atoms with Gasteiger partial charge in [-0.05, 0) is 123 Å². The van der Waals surface area contributed by atoms with E-state index in [-0.39, 0.29) is 0 Å². The van der Waals surface area contributed by atoms with Gasteiger partial charge in [-0.1, -0.05) is 103 Å². The average molecular weight is 686 g/mol. The quantitative estimate of drug-likeness (QED) is 0.181. The Kier molecular flexibility index (Phi) is 6.05. The van der Waals surface area contributed by atoms with Gasteiger partial charge < -0.3 is 9.13 Å². The lowest BCUT2D eigenvalue weighted by atomic mass is 9.97. The average Bonchev–Trinajstić information content (AvgIpc) is 3.87. The van der Waals surface area contributed by atoms with Gasteiger partial charge in [0.1, 0.15) is 0 Å². The fourth-order valence-electron chi connectivity index (χ4n) is 9.09. The third-order valence-corrected chi connectivity index (χ3v) is 11.5. The number of para-hydroxylation sites is 3. The molecule has 3 heteroatoms. The second-order valence-corrected chi connectivity index (χ2v) is 14.4. The van der Waals surface area contributed by atoms with Crippen LogP contribution in [-0.4, -0.2) is 14.1 Å². The monoisotopic (exact) mass is 685 g/mol. The van der Waals surface area contributed by atoms with E-state index < -0.39 is 0 Å². The van der Waals surface area contributed by atoms with Crippen molar-refractivity contribution < 1.29 is 0 Å². The lowest BCUT2D eigenvalue weighted by Gasteiger charge is -2.10. The molecule has 3 aromatic heterocycles. The molecule has 12 rings (SSSR count). The van der Waals surface area contributed by atoms with E-state index >= 15 is 0 Å². The van der Waals surface area contributed by atoms with Gasteiger partial charge in [-0.25, -0.2) is 0 Å². The largest absolute Gasteiger partial charge is 0.309 e. The molecule has 3 nitrogen and oxygen atoms in total. The van der Waals surface area contributed by atoms with Crippen LogP contribution in [0.5, 0.6) is 0 Å². The van der Waals surface area contributed by atoms with Crippen molar-refractivity contribution in [3.8, 4) is 55.9 Å². The van der Waals surface area contributed by atoms with Crippen molar-refractivity contribution in [1.29, 1.82) is 0 Å². The van der Waals surface area contributed by atoms with Crippen LogP contribution in [0.4, 0.5) is 0 Å². The van der Waals surface area contributed by atoms with Gasteiger partial charge in [-0.2, -0.15) is 0 Å². The number of pyridine rings is 1. The minimum Gasteiger partial charge on any atom is -0.309 e. The van der Waals surface area contributed by atoms with Crippen LogP contribution < -0.4 is 0 Å². The molecule has 0 aliphatic heterocycles. The Hall–Kier alpha value is -7.23. The van der Waals surface area contributed by atoms with Crippen LogP contribution in [0, 0.1) is 0 Å². The summed E-state index contributed by atoms with van der Waals surface area (Å²) in [6, 6.07) is 66.5. The van der Waals surface area contributed by atoms with E-state index in [1.807, 2.05) is 6.20 Å². The maximum Gasteiger partial charge on any atom is 0.0720 e. The Morgan fingerprint density at radius 3 is 1.56 bits per heavy atom. The summed E-state index contributed by atoms with van der Waals surface area (Å²) in [5.41, 5.74) is 18.0. The zero-order chi connectivity index (χ0) is 35.3. The molecule has 0 spiro atoms. The molecule has 8 aromatic carbocycles. The molecule has 0 bridgehead atoms. The predicted molar refractivity (Wildman–Crippen MR) is 226 cm³/mol. The Balaban J connectivity index is 1.05. The number of hydrogen-bond acceptors (Lipinski definition) is 1. The molecular weight excluding hydrogens is 655 g/mol. The van der Waals surface area contributed by atoms with Gasteiger partial charge in [0.25, 0.3) is 0 Å². The summed E-state index contributed by atoms with van der Waals surface area (Å²) in [6.07, 6.45) is 1.94. The van der Waals surface area contributed by atoms with Gasteiger partial charge in [-0.3, -0.25) is 4.98 Å². The number of nitrogens with zero attached hydrogens (tertiary/aromatic N) is 3. The summed E-state index contributed by atoms with van der Waals surface area (Å²) in [7, 11) is 0. The van der Waals surface area contributed by atoms with Crippen LogP contribution in [0.2, 0.25) is 0 Å². The zero-order valence-corrected chi connectivity index (χ0v) is 29.2. The van der Waals surface area contributed by atoms with Gasteiger partial charge in [-0.15, -0.1) is 0 Å². The molecular formula is C51H31N3. The third-order valence-electron chi connectivity index (χ3n) is 11.5. The fraction of sp³-hybridized carbons (Fsp3) is 0. The maximum absolute atomic E-state index is 4.86. The Bertz CT molecular complexity index is 3310. The zero-order valence-electron chi connectivity index (χ0n) is 29.2. The second-order valence-electron chi connectivity index (χ2n) is 14.4. The fourth-order valence-corrected chi connectivity index (χ4v) is 9.09. The number of benzene rings is 8. The van der Waals surface area contributed by atoms with E-state index in [0.29, 0.717) is 0 Å². The van der Waals surface area contributed by atoms with Gasteiger partial charge in [0.15, 0.2) is 0 Å². The smallest absolute Gasteiger partial charge is 0.0720 e. The van der Waals surface area contributed by atoms with Crippen molar-refractivity contribution in [2.24, 2.45) is 0 Å². The first-order valence-corrected chi connectivity index (χ1v) is 18.5. The molecule has 0 N–H and O–H groups in total. The highest BCUT2D eigenvalue weighted by atomic mass is 15.0. The minimum atomic E-state index is 1.04. The van der Waals surface area contributed by atoms with E-state index in [9.17, 15) is 0 Å². The third kappa shape index (κ3) is 4.15. The van der Waals surface area contributed by atoms with Crippen molar-refractivity contribution in [1.82, 2.24) is 14.1 Å². The summed E-state index contributed by atoms with van der Waals surface area (Å²) in [5, 5.41) is 6.23. The molecule has 11 aromatic rings. The molecule has 3 heterocycles. The second kappa shape index (κ2) is 11.1. The van der Waals surface area contributed by atoms with Crippen LogP contribution in [0.3, 0.4) is 0 Å². The minimum absolute atomic E-state index is 1.04. The number of aromatic nitrogens is 3. The molecule has 54 heavy (non-hydrogen) atoms. The van der Waals surface area contributed by atoms with E-state index in [0.717, 1.165) is 11.2 Å². The molecule has 1 aliphatic carbocycles. The Morgan fingerprint density at radius 1 is 0.315 bits per heavy atom. The summed E-state index contributed by atoms with van der Waals surface area (Å²) >= 11 is 0. The van der Waals surface area contributed by atoms with Crippen LogP contribution in [0.25, 0.3) is 110 Å². The van der Waals surface area contributed by atoms with Crippen molar-refractivity contribution in [2.75, 3.05) is 0 Å². The highest BCUT2D eigenvalue weighted by molar-refractivity contribution is 6.16. The topological polar surface area (TPSA) is 22.8 Å². The summed E-state index contributed by atoms with van der Waals surface area (Å²) in [6.45, 7) is 0. The van der Waals surface area contributed by atoms with Gasteiger partial charge in [0.05, 0.1) is 27.6 Å². The summed E-state index contributed by atoms with van der Waals surface area (Å²) in [5.74, 6) is 0. The van der Waals surface area contributed by atoms with Gasteiger partial charge >= 0.3 is 0 Å². The van der Waals surface area contributed by atoms with Crippen molar-refractivity contribution >= 4 is 54.5 Å². The summed E-state index contributed by atoms with van der Waals surface area (Å²) < 4.78 is 4.79. The lowest BCUT2D eigenvalue weighted by molar-refractivity contribution is 1.18. The first kappa shape index (κ1) is 29.4. The van der Waals surface area contributed by atoms with Crippen LogP contribution in [-0.2, 0) is 0 Å². The van der Waals surface area contributed by atoms with Crippen LogP contribution in [0.1, 0.15) is 0 Å². The lowest BCUT2D eigenvalue weighted by Crippen LogP contribution is -1.93. The first-order chi connectivity index (χ1) is 26.8. The van der Waals surface area contributed by atoms with Crippen LogP contribution >= 0.6 is 0 Å². The Labute approximate surface area is 311 Å². The molecule has 0 saturated carbocycles. The molecule has 0 radical (unpaired) electrons. The maximum atomic E-state index is 4.86. The Morgan fingerprint density at radius 2 is 0.852 bits per heavy atom. The number of fused-ring (bicyclic) bond motifs is 9. The van der Waals surface area contributed by atoms with E-state index in [1.165, 1.54) is 99.2 Å². The van der Waals surface area contributed by atoms with Crippen LogP contribution in [0.15, 0.2) is 188 Å². The molecule has 0 saturated heterocycles. The molecule has 0 fully saturated rings. The number of hydrogen-bond donors (Lipinski definition) is 0. The molecule has 0 unspecified atom stereocenters.